The van der Waals surface area contributed by atoms with Crippen LogP contribution < -0.4 is 4.74 Å². The first-order valence-electron chi connectivity index (χ1n) is 7.61. The number of phenols is 2. The van der Waals surface area contributed by atoms with Crippen molar-refractivity contribution in [2.75, 3.05) is 6.61 Å². The number of aromatic hydroxyl groups is 2. The molecule has 0 fully saturated rings. The Morgan fingerprint density at radius 1 is 1.13 bits per heavy atom. The van der Waals surface area contributed by atoms with E-state index >= 15 is 0 Å². The quantitative estimate of drug-likeness (QED) is 0.848. The predicted octanol–water partition coefficient (Wildman–Crippen LogP) is 3.71. The van der Waals surface area contributed by atoms with Crippen LogP contribution in [0.1, 0.15) is 34.8 Å². The standard InChI is InChI=1S/C19H18O4/c1-2-23-18-10-12(3-8-17(18)21)9-14-5-4-13-11-15(20)6-7-16(13)19(14)22/h3,6-11,20-21H,2,4-5H2,1H3. The highest BCUT2D eigenvalue weighted by atomic mass is 16.5. The lowest BCUT2D eigenvalue weighted by Gasteiger charge is -2.17. The molecule has 118 valence electrons. The fraction of sp³-hybridized carbons (Fsp3) is 0.211. The molecular weight excluding hydrogens is 292 g/mol. The van der Waals surface area contributed by atoms with Gasteiger partial charge < -0.3 is 14.9 Å². The summed E-state index contributed by atoms with van der Waals surface area (Å²) >= 11 is 0. The lowest BCUT2D eigenvalue weighted by molar-refractivity contribution is 0.102. The molecule has 0 radical (unpaired) electrons. The maximum absolute atomic E-state index is 12.6. The Morgan fingerprint density at radius 3 is 2.74 bits per heavy atom. The maximum atomic E-state index is 12.6. The third-order valence-corrected chi connectivity index (χ3v) is 3.91. The summed E-state index contributed by atoms with van der Waals surface area (Å²) in [6.45, 7) is 2.31. The number of Topliss-reactive ketones (excluding diaryl/α,β-unsaturated/α-hetero) is 1. The van der Waals surface area contributed by atoms with Crippen LogP contribution >= 0.6 is 0 Å². The first-order valence-corrected chi connectivity index (χ1v) is 7.61. The Hall–Kier alpha value is -2.75. The third kappa shape index (κ3) is 3.06. The molecule has 0 heterocycles. The van der Waals surface area contributed by atoms with Crippen molar-refractivity contribution in [2.24, 2.45) is 0 Å². The van der Waals surface area contributed by atoms with Crippen LogP contribution in [0.5, 0.6) is 17.2 Å². The average Bonchev–Trinajstić information content (AvgIpc) is 2.53. The third-order valence-electron chi connectivity index (χ3n) is 3.91. The Labute approximate surface area is 134 Å². The molecule has 0 atom stereocenters. The number of fused-ring (bicyclic) bond motifs is 1. The van der Waals surface area contributed by atoms with E-state index in [0.29, 0.717) is 24.3 Å². The van der Waals surface area contributed by atoms with E-state index in [1.807, 2.05) is 13.0 Å². The summed E-state index contributed by atoms with van der Waals surface area (Å²) in [4.78, 5) is 12.6. The zero-order chi connectivity index (χ0) is 16.4. The van der Waals surface area contributed by atoms with Gasteiger partial charge in [0.15, 0.2) is 17.3 Å². The Kier molecular flexibility index (Phi) is 4.06. The molecule has 0 spiro atoms. The predicted molar refractivity (Wildman–Crippen MR) is 88.0 cm³/mol. The van der Waals surface area contributed by atoms with Gasteiger partial charge in [0.2, 0.25) is 0 Å². The highest BCUT2D eigenvalue weighted by Gasteiger charge is 2.22. The Morgan fingerprint density at radius 2 is 1.96 bits per heavy atom. The zero-order valence-corrected chi connectivity index (χ0v) is 12.9. The molecule has 0 saturated carbocycles. The van der Waals surface area contributed by atoms with Gasteiger partial charge in [-0.25, -0.2) is 0 Å². The average molecular weight is 310 g/mol. The summed E-state index contributed by atoms with van der Waals surface area (Å²) in [6.07, 6.45) is 3.18. The van der Waals surface area contributed by atoms with E-state index in [-0.39, 0.29) is 17.3 Å². The topological polar surface area (TPSA) is 66.8 Å². The molecule has 0 unspecified atom stereocenters. The molecule has 2 aromatic rings. The van der Waals surface area contributed by atoms with Crippen molar-refractivity contribution in [2.45, 2.75) is 19.8 Å². The number of carbonyl (C=O) groups excluding carboxylic acids is 1. The summed E-state index contributed by atoms with van der Waals surface area (Å²) in [5, 5.41) is 19.3. The van der Waals surface area contributed by atoms with Gasteiger partial charge in [0, 0.05) is 11.1 Å². The molecule has 0 aliphatic heterocycles. The lowest BCUT2D eigenvalue weighted by Crippen LogP contribution is -2.13. The zero-order valence-electron chi connectivity index (χ0n) is 12.9. The summed E-state index contributed by atoms with van der Waals surface area (Å²) in [5.74, 6) is 0.668. The van der Waals surface area contributed by atoms with Gasteiger partial charge >= 0.3 is 0 Å². The van der Waals surface area contributed by atoms with E-state index in [2.05, 4.69) is 0 Å². The number of ketones is 1. The molecule has 1 aliphatic rings. The molecule has 3 rings (SSSR count). The van der Waals surface area contributed by atoms with Crippen LogP contribution in [0, 0.1) is 0 Å². The van der Waals surface area contributed by atoms with Gasteiger partial charge in [-0.3, -0.25) is 4.79 Å². The van der Waals surface area contributed by atoms with E-state index in [9.17, 15) is 15.0 Å². The lowest BCUT2D eigenvalue weighted by atomic mass is 9.86. The first kappa shape index (κ1) is 15.2. The largest absolute Gasteiger partial charge is 0.508 e. The highest BCUT2D eigenvalue weighted by Crippen LogP contribution is 2.31. The molecule has 4 heteroatoms. The molecule has 0 amide bonds. The van der Waals surface area contributed by atoms with Gasteiger partial charge in [-0.15, -0.1) is 0 Å². The van der Waals surface area contributed by atoms with Gasteiger partial charge in [-0.05, 0) is 67.3 Å². The molecule has 2 aromatic carbocycles. The number of allylic oxidation sites excluding steroid dienone is 1. The van der Waals surface area contributed by atoms with Crippen LogP contribution in [0.25, 0.3) is 6.08 Å². The van der Waals surface area contributed by atoms with E-state index in [1.165, 1.54) is 6.07 Å². The fourth-order valence-corrected chi connectivity index (χ4v) is 2.79. The Bertz CT molecular complexity index is 790. The van der Waals surface area contributed by atoms with Gasteiger partial charge in [-0.1, -0.05) is 6.07 Å². The number of hydrogen-bond donors (Lipinski definition) is 2. The second-order valence-corrected chi connectivity index (χ2v) is 5.50. The van der Waals surface area contributed by atoms with E-state index in [1.54, 1.807) is 30.3 Å². The number of ether oxygens (including phenoxy) is 1. The van der Waals surface area contributed by atoms with E-state index in [4.69, 9.17) is 4.74 Å². The van der Waals surface area contributed by atoms with Gasteiger partial charge in [-0.2, -0.15) is 0 Å². The second kappa shape index (κ2) is 6.16. The molecule has 1 aliphatic carbocycles. The maximum Gasteiger partial charge on any atom is 0.189 e. The molecule has 23 heavy (non-hydrogen) atoms. The van der Waals surface area contributed by atoms with Crippen molar-refractivity contribution >= 4 is 11.9 Å². The molecule has 0 saturated heterocycles. The van der Waals surface area contributed by atoms with Crippen LogP contribution in [0.15, 0.2) is 42.0 Å². The van der Waals surface area contributed by atoms with Crippen LogP contribution in [0.3, 0.4) is 0 Å². The summed E-state index contributed by atoms with van der Waals surface area (Å²) < 4.78 is 5.37. The second-order valence-electron chi connectivity index (χ2n) is 5.50. The van der Waals surface area contributed by atoms with Gasteiger partial charge in [0.25, 0.3) is 0 Å². The molecule has 2 N–H and O–H groups in total. The van der Waals surface area contributed by atoms with Crippen LogP contribution in [-0.2, 0) is 6.42 Å². The van der Waals surface area contributed by atoms with Crippen molar-refractivity contribution in [3.05, 3.63) is 58.7 Å². The van der Waals surface area contributed by atoms with Gasteiger partial charge in [0.1, 0.15) is 5.75 Å². The summed E-state index contributed by atoms with van der Waals surface area (Å²) in [7, 11) is 0. The summed E-state index contributed by atoms with van der Waals surface area (Å²) in [6, 6.07) is 9.90. The van der Waals surface area contributed by atoms with Crippen molar-refractivity contribution in [1.82, 2.24) is 0 Å². The van der Waals surface area contributed by atoms with Crippen LogP contribution in [0.4, 0.5) is 0 Å². The van der Waals surface area contributed by atoms with E-state index in [0.717, 1.165) is 23.1 Å². The molecule has 4 nitrogen and oxygen atoms in total. The minimum atomic E-state index is -0.0164. The fourth-order valence-electron chi connectivity index (χ4n) is 2.79. The van der Waals surface area contributed by atoms with Crippen molar-refractivity contribution < 1.29 is 19.7 Å². The smallest absolute Gasteiger partial charge is 0.189 e. The molecule has 0 bridgehead atoms. The SMILES string of the molecule is CCOc1cc(C=C2CCc3cc(O)ccc3C2=O)ccc1O. The Balaban J connectivity index is 1.93. The van der Waals surface area contributed by atoms with E-state index < -0.39 is 0 Å². The van der Waals surface area contributed by atoms with Crippen LogP contribution in [-0.4, -0.2) is 22.6 Å². The number of benzene rings is 2. The monoisotopic (exact) mass is 310 g/mol. The van der Waals surface area contributed by atoms with Crippen LogP contribution in [0.2, 0.25) is 0 Å². The molecular formula is C19H18O4. The van der Waals surface area contributed by atoms with Gasteiger partial charge in [0.05, 0.1) is 6.61 Å². The highest BCUT2D eigenvalue weighted by molar-refractivity contribution is 6.13. The van der Waals surface area contributed by atoms with Crippen molar-refractivity contribution in [3.63, 3.8) is 0 Å². The molecule has 0 aromatic heterocycles. The first-order chi connectivity index (χ1) is 11.1. The van der Waals surface area contributed by atoms with Crippen molar-refractivity contribution in [3.8, 4) is 17.2 Å². The number of hydrogen-bond acceptors (Lipinski definition) is 4. The normalized spacial score (nSPS) is 15.5. The summed E-state index contributed by atoms with van der Waals surface area (Å²) in [5.41, 5.74) is 3.06. The minimum absolute atomic E-state index is 0.0164. The number of rotatable bonds is 3. The number of aryl methyl sites for hydroxylation is 1. The number of phenolic OH excluding ortho intramolecular Hbond substituents is 2. The minimum Gasteiger partial charge on any atom is -0.508 e. The number of carbonyl (C=O) groups is 1. The van der Waals surface area contributed by atoms with Crippen molar-refractivity contribution in [1.29, 1.82) is 0 Å².